The van der Waals surface area contributed by atoms with Gasteiger partial charge in [-0.2, -0.15) is 0 Å². The van der Waals surface area contributed by atoms with Gasteiger partial charge in [0.1, 0.15) is 12.4 Å². The minimum atomic E-state index is -0.448. The van der Waals surface area contributed by atoms with Crippen LogP contribution in [0.4, 0.5) is 5.69 Å². The predicted molar refractivity (Wildman–Crippen MR) is 111 cm³/mol. The molecule has 0 aromatic heterocycles. The zero-order valence-corrected chi connectivity index (χ0v) is 18.1. The molecule has 10 heteroatoms. The van der Waals surface area contributed by atoms with E-state index in [-0.39, 0.29) is 18.1 Å². The van der Waals surface area contributed by atoms with Crippen molar-refractivity contribution in [3.63, 3.8) is 0 Å². The van der Waals surface area contributed by atoms with Crippen LogP contribution in [0, 0.1) is 10.1 Å². The van der Waals surface area contributed by atoms with Crippen LogP contribution in [0.25, 0.3) is 0 Å². The molecule has 0 amide bonds. The molecule has 0 saturated carbocycles. The molecular formula is C21H33NO9. The van der Waals surface area contributed by atoms with Gasteiger partial charge in [0, 0.05) is 18.6 Å². The highest BCUT2D eigenvalue weighted by Gasteiger charge is 2.21. The Morgan fingerprint density at radius 3 is 1.84 bits per heavy atom. The molecule has 1 fully saturated rings. The Hall–Kier alpha value is -1.82. The smallest absolute Gasteiger partial charge is 0.269 e. The maximum Gasteiger partial charge on any atom is 0.269 e. The third-order valence-electron chi connectivity index (χ3n) is 4.38. The summed E-state index contributed by atoms with van der Waals surface area (Å²) < 4.78 is 38.3. The number of rotatable bonds is 18. The van der Waals surface area contributed by atoms with Crippen molar-refractivity contribution in [3.05, 3.63) is 34.4 Å². The lowest BCUT2D eigenvalue weighted by Gasteiger charge is -2.12. The third-order valence-corrected chi connectivity index (χ3v) is 4.38. The number of non-ortho nitro benzene ring substituents is 1. The Morgan fingerprint density at radius 2 is 1.35 bits per heavy atom. The van der Waals surface area contributed by atoms with E-state index in [0.717, 1.165) is 12.8 Å². The van der Waals surface area contributed by atoms with Crippen LogP contribution in [0.2, 0.25) is 0 Å². The van der Waals surface area contributed by atoms with Gasteiger partial charge in [-0.05, 0) is 25.5 Å². The van der Waals surface area contributed by atoms with Crippen LogP contribution < -0.4 is 4.74 Å². The van der Waals surface area contributed by atoms with E-state index in [0.29, 0.717) is 71.8 Å². The largest absolute Gasteiger partial charge is 0.491 e. The molecule has 1 aliphatic rings. The summed E-state index contributed by atoms with van der Waals surface area (Å²) in [6.07, 6.45) is 2.20. The Morgan fingerprint density at radius 1 is 0.839 bits per heavy atom. The molecule has 1 heterocycles. The van der Waals surface area contributed by atoms with Crippen molar-refractivity contribution in [1.29, 1.82) is 0 Å². The lowest BCUT2D eigenvalue weighted by Crippen LogP contribution is -2.17. The van der Waals surface area contributed by atoms with E-state index < -0.39 is 4.92 Å². The van der Waals surface area contributed by atoms with E-state index in [4.69, 9.17) is 33.2 Å². The van der Waals surface area contributed by atoms with Crippen molar-refractivity contribution >= 4 is 5.69 Å². The summed E-state index contributed by atoms with van der Waals surface area (Å²) in [7, 11) is 0. The van der Waals surface area contributed by atoms with Gasteiger partial charge in [0.05, 0.1) is 70.5 Å². The molecule has 31 heavy (non-hydrogen) atoms. The van der Waals surface area contributed by atoms with Gasteiger partial charge in [0.2, 0.25) is 0 Å². The quantitative estimate of drug-likeness (QED) is 0.192. The minimum absolute atomic E-state index is 0.0339. The van der Waals surface area contributed by atoms with Gasteiger partial charge in [-0.25, -0.2) is 0 Å². The van der Waals surface area contributed by atoms with Gasteiger partial charge >= 0.3 is 0 Å². The van der Waals surface area contributed by atoms with Crippen molar-refractivity contribution in [2.24, 2.45) is 0 Å². The van der Waals surface area contributed by atoms with Crippen LogP contribution in [0.5, 0.6) is 5.75 Å². The molecule has 0 aliphatic carbocycles. The summed E-state index contributed by atoms with van der Waals surface area (Å²) in [5, 5.41) is 10.6. The van der Waals surface area contributed by atoms with Crippen molar-refractivity contribution in [2.45, 2.75) is 32.2 Å². The maximum absolute atomic E-state index is 10.6. The average molecular weight is 443 g/mol. The Balaban J connectivity index is 1.27. The molecule has 1 saturated heterocycles. The lowest BCUT2D eigenvalue weighted by atomic mass is 10.3. The minimum Gasteiger partial charge on any atom is -0.491 e. The molecule has 176 valence electrons. The predicted octanol–water partition coefficient (Wildman–Crippen LogP) is 2.58. The number of ether oxygens (including phenoxy) is 7. The molecule has 2 unspecified atom stereocenters. The van der Waals surface area contributed by atoms with Crippen LogP contribution in [0.3, 0.4) is 0 Å². The average Bonchev–Trinajstić information content (AvgIpc) is 3.18. The topological polar surface area (TPSA) is 108 Å². The first-order chi connectivity index (χ1) is 15.1. The maximum atomic E-state index is 10.6. The van der Waals surface area contributed by atoms with Gasteiger partial charge in [0.25, 0.3) is 5.69 Å². The van der Waals surface area contributed by atoms with Gasteiger partial charge < -0.3 is 33.2 Å². The highest BCUT2D eigenvalue weighted by Crippen LogP contribution is 2.19. The van der Waals surface area contributed by atoms with E-state index in [1.807, 2.05) is 0 Å². The van der Waals surface area contributed by atoms with Crippen LogP contribution in [0.1, 0.15) is 19.8 Å². The zero-order chi connectivity index (χ0) is 22.2. The monoisotopic (exact) mass is 443 g/mol. The van der Waals surface area contributed by atoms with E-state index in [1.165, 1.54) is 12.1 Å². The first-order valence-corrected chi connectivity index (χ1v) is 10.6. The Kier molecular flexibility index (Phi) is 13.1. The van der Waals surface area contributed by atoms with Crippen LogP contribution >= 0.6 is 0 Å². The summed E-state index contributed by atoms with van der Waals surface area (Å²) in [5.41, 5.74) is 0.0339. The van der Waals surface area contributed by atoms with Crippen LogP contribution in [-0.2, 0) is 28.4 Å². The highest BCUT2D eigenvalue weighted by atomic mass is 16.7. The van der Waals surface area contributed by atoms with Crippen molar-refractivity contribution < 1.29 is 38.1 Å². The molecule has 1 aliphatic heterocycles. The molecule has 1 aromatic rings. The highest BCUT2D eigenvalue weighted by molar-refractivity contribution is 5.35. The van der Waals surface area contributed by atoms with Crippen molar-refractivity contribution in [3.8, 4) is 5.75 Å². The first kappa shape index (κ1) is 25.4. The molecule has 0 N–H and O–H groups in total. The fourth-order valence-corrected chi connectivity index (χ4v) is 2.77. The SMILES string of the molecule is CC1CCC(OCCOCCOCCOCCOCCOc2ccc([N+](=O)[O-])cc2)O1. The van der Waals surface area contributed by atoms with E-state index in [9.17, 15) is 10.1 Å². The molecule has 2 atom stereocenters. The second-order valence-corrected chi connectivity index (χ2v) is 6.87. The number of nitro groups is 1. The standard InChI is InChI=1S/C21H33NO9/c1-18-2-7-21(31-18)30-17-15-28-13-11-26-9-8-25-10-12-27-14-16-29-20-5-3-19(4-6-20)22(23)24/h3-6,18,21H,2,7-17H2,1H3. The fourth-order valence-electron chi connectivity index (χ4n) is 2.77. The second kappa shape index (κ2) is 15.9. The molecular weight excluding hydrogens is 410 g/mol. The van der Waals surface area contributed by atoms with Gasteiger partial charge in [-0.1, -0.05) is 0 Å². The second-order valence-electron chi connectivity index (χ2n) is 6.87. The van der Waals surface area contributed by atoms with Crippen molar-refractivity contribution in [1.82, 2.24) is 0 Å². The van der Waals surface area contributed by atoms with E-state index in [2.05, 4.69) is 6.92 Å². The summed E-state index contributed by atoms with van der Waals surface area (Å²) in [6, 6.07) is 5.93. The Labute approximate surface area is 182 Å². The number of benzene rings is 1. The summed E-state index contributed by atoms with van der Waals surface area (Å²) >= 11 is 0. The molecule has 1 aromatic carbocycles. The molecule has 0 bridgehead atoms. The number of hydrogen-bond donors (Lipinski definition) is 0. The molecule has 10 nitrogen and oxygen atoms in total. The first-order valence-electron chi connectivity index (χ1n) is 10.6. The molecule has 0 radical (unpaired) electrons. The van der Waals surface area contributed by atoms with E-state index in [1.54, 1.807) is 12.1 Å². The number of hydrogen-bond acceptors (Lipinski definition) is 9. The third kappa shape index (κ3) is 12.0. The van der Waals surface area contributed by atoms with Gasteiger partial charge in [-0.3, -0.25) is 10.1 Å². The summed E-state index contributed by atoms with van der Waals surface area (Å²) in [4.78, 5) is 10.1. The van der Waals surface area contributed by atoms with Crippen molar-refractivity contribution in [2.75, 3.05) is 66.1 Å². The van der Waals surface area contributed by atoms with Gasteiger partial charge in [-0.15, -0.1) is 0 Å². The normalized spacial score (nSPS) is 18.4. The fraction of sp³-hybridized carbons (Fsp3) is 0.714. The van der Waals surface area contributed by atoms with Crippen LogP contribution in [-0.4, -0.2) is 83.4 Å². The van der Waals surface area contributed by atoms with E-state index >= 15 is 0 Å². The Bertz CT molecular complexity index is 599. The number of nitrogens with zero attached hydrogens (tertiary/aromatic N) is 1. The van der Waals surface area contributed by atoms with Gasteiger partial charge in [0.15, 0.2) is 6.29 Å². The summed E-state index contributed by atoms with van der Waals surface area (Å²) in [6.45, 7) is 6.81. The molecule has 2 rings (SSSR count). The lowest BCUT2D eigenvalue weighted by molar-refractivity contribution is -0.384. The van der Waals surface area contributed by atoms with Crippen LogP contribution in [0.15, 0.2) is 24.3 Å². The molecule has 0 spiro atoms. The zero-order valence-electron chi connectivity index (χ0n) is 18.1. The summed E-state index contributed by atoms with van der Waals surface area (Å²) in [5.74, 6) is 0.566. The number of nitro benzene ring substituents is 1.